The number of benzene rings is 1. The molecular formula is C9H11ClNO3PS. The highest BCUT2D eigenvalue weighted by atomic mass is 35.7. The van der Waals surface area contributed by atoms with Gasteiger partial charge in [0.2, 0.25) is 0 Å². The molecule has 0 saturated heterocycles. The van der Waals surface area contributed by atoms with Gasteiger partial charge in [0.1, 0.15) is 5.75 Å². The second kappa shape index (κ2) is 6.21. The molecule has 1 atom stereocenters. The van der Waals surface area contributed by atoms with Gasteiger partial charge >= 0.3 is 5.97 Å². The third-order valence-corrected chi connectivity index (χ3v) is 3.83. The second-order valence-electron chi connectivity index (χ2n) is 2.94. The van der Waals surface area contributed by atoms with Gasteiger partial charge in [-0.1, -0.05) is 18.2 Å². The van der Waals surface area contributed by atoms with Gasteiger partial charge in [0.05, 0.1) is 6.42 Å². The molecule has 0 aliphatic carbocycles. The summed E-state index contributed by atoms with van der Waals surface area (Å²) >= 11 is 11.0. The molecule has 1 unspecified atom stereocenters. The molecule has 0 aromatic heterocycles. The highest BCUT2D eigenvalue weighted by Crippen LogP contribution is 2.48. The van der Waals surface area contributed by atoms with E-state index in [0.29, 0.717) is 5.75 Å². The Morgan fingerprint density at radius 1 is 1.50 bits per heavy atom. The maximum absolute atomic E-state index is 10.3. The van der Waals surface area contributed by atoms with E-state index >= 15 is 0 Å². The summed E-state index contributed by atoms with van der Waals surface area (Å²) in [6, 6.07) is 8.94. The summed E-state index contributed by atoms with van der Waals surface area (Å²) < 4.78 is 5.37. The summed E-state index contributed by atoms with van der Waals surface area (Å²) in [4.78, 5) is 10.3. The minimum Gasteiger partial charge on any atom is -0.481 e. The number of para-hydroxylation sites is 1. The summed E-state index contributed by atoms with van der Waals surface area (Å²) in [7, 11) is 0. The van der Waals surface area contributed by atoms with Crippen molar-refractivity contribution in [2.75, 3.05) is 6.54 Å². The average molecular weight is 280 g/mol. The van der Waals surface area contributed by atoms with Gasteiger partial charge in [-0.25, -0.2) is 5.09 Å². The predicted molar refractivity (Wildman–Crippen MR) is 67.5 cm³/mol. The molecular weight excluding hydrogens is 269 g/mol. The largest absolute Gasteiger partial charge is 0.481 e. The van der Waals surface area contributed by atoms with Crippen molar-refractivity contribution < 1.29 is 14.4 Å². The number of carboxylic acid groups (broad SMARTS) is 1. The van der Waals surface area contributed by atoms with E-state index in [-0.39, 0.29) is 13.0 Å². The monoisotopic (exact) mass is 279 g/mol. The molecule has 0 aliphatic rings. The Hall–Kier alpha value is -0.610. The van der Waals surface area contributed by atoms with Gasteiger partial charge in [-0.3, -0.25) is 4.79 Å². The van der Waals surface area contributed by atoms with Gasteiger partial charge in [0.15, 0.2) is 0 Å². The van der Waals surface area contributed by atoms with Crippen molar-refractivity contribution in [3.63, 3.8) is 0 Å². The normalized spacial score (nSPS) is 14.1. The molecule has 1 rings (SSSR count). The fourth-order valence-corrected chi connectivity index (χ4v) is 2.81. The van der Waals surface area contributed by atoms with Gasteiger partial charge in [0.25, 0.3) is 5.77 Å². The van der Waals surface area contributed by atoms with E-state index in [1.54, 1.807) is 24.3 Å². The SMILES string of the molecule is O=C(O)CCNP(=S)(Cl)Oc1ccccc1. The van der Waals surface area contributed by atoms with Crippen molar-refractivity contribution >= 4 is 34.8 Å². The number of nitrogens with one attached hydrogen (secondary N) is 1. The van der Waals surface area contributed by atoms with Crippen molar-refractivity contribution in [2.45, 2.75) is 6.42 Å². The molecule has 0 saturated carbocycles. The van der Waals surface area contributed by atoms with Crippen LogP contribution in [0.5, 0.6) is 5.75 Å². The van der Waals surface area contributed by atoms with Crippen molar-refractivity contribution in [1.82, 2.24) is 5.09 Å². The van der Waals surface area contributed by atoms with Gasteiger partial charge in [-0.15, -0.1) is 0 Å². The van der Waals surface area contributed by atoms with E-state index in [1.165, 1.54) is 0 Å². The van der Waals surface area contributed by atoms with E-state index in [9.17, 15) is 4.79 Å². The molecule has 7 heteroatoms. The van der Waals surface area contributed by atoms with Crippen LogP contribution in [0.25, 0.3) is 0 Å². The molecule has 1 aromatic carbocycles. The number of rotatable bonds is 6. The minimum atomic E-state index is -2.68. The first kappa shape index (κ1) is 13.5. The Morgan fingerprint density at radius 3 is 2.69 bits per heavy atom. The van der Waals surface area contributed by atoms with Crippen LogP contribution >= 0.6 is 17.0 Å². The van der Waals surface area contributed by atoms with Gasteiger partial charge in [-0.05, 0) is 35.2 Å². The molecule has 0 aliphatic heterocycles. The first-order valence-corrected chi connectivity index (χ1v) is 8.13. The van der Waals surface area contributed by atoms with Gasteiger partial charge in [-0.2, -0.15) is 0 Å². The Kier molecular flexibility index (Phi) is 5.22. The Labute approximate surface area is 104 Å². The van der Waals surface area contributed by atoms with Crippen LogP contribution in [0.3, 0.4) is 0 Å². The number of hydrogen-bond donors (Lipinski definition) is 2. The number of carboxylic acids is 1. The highest BCUT2D eigenvalue weighted by molar-refractivity contribution is 8.23. The van der Waals surface area contributed by atoms with Crippen LogP contribution in [0, 0.1) is 0 Å². The standard InChI is InChI=1S/C9H11ClNO3PS/c10-15(16,11-7-6-9(12)13)14-8-4-2-1-3-5-8/h1-5H,6-7H2,(H,11,16)(H,12,13). The molecule has 88 valence electrons. The van der Waals surface area contributed by atoms with Crippen molar-refractivity contribution in [1.29, 1.82) is 0 Å². The third kappa shape index (κ3) is 5.47. The van der Waals surface area contributed by atoms with Crippen molar-refractivity contribution in [3.05, 3.63) is 30.3 Å². The number of carbonyl (C=O) groups is 1. The lowest BCUT2D eigenvalue weighted by Crippen LogP contribution is -2.15. The molecule has 16 heavy (non-hydrogen) atoms. The van der Waals surface area contributed by atoms with Gasteiger partial charge < -0.3 is 9.63 Å². The molecule has 0 fully saturated rings. The summed E-state index contributed by atoms with van der Waals surface area (Å²) in [5.41, 5.74) is 0. The zero-order valence-corrected chi connectivity index (χ0v) is 10.8. The van der Waals surface area contributed by atoms with E-state index in [1.807, 2.05) is 6.07 Å². The van der Waals surface area contributed by atoms with Gasteiger partial charge in [0, 0.05) is 6.54 Å². The summed E-state index contributed by atoms with van der Waals surface area (Å²) in [6.07, 6.45) is -0.0384. The molecule has 0 radical (unpaired) electrons. The summed E-state index contributed by atoms with van der Waals surface area (Å²) in [5.74, 6) is -3.01. The van der Waals surface area contributed by atoms with Crippen LogP contribution in [0.2, 0.25) is 0 Å². The number of aliphatic carboxylic acids is 1. The molecule has 0 bridgehead atoms. The van der Waals surface area contributed by atoms with Crippen LogP contribution in [0.1, 0.15) is 6.42 Å². The lowest BCUT2D eigenvalue weighted by atomic mass is 10.3. The van der Waals surface area contributed by atoms with E-state index in [4.69, 9.17) is 32.7 Å². The Balaban J connectivity index is 2.46. The predicted octanol–water partition coefficient (Wildman–Crippen LogP) is 2.59. The number of halogens is 1. The average Bonchev–Trinajstić information content (AvgIpc) is 2.17. The van der Waals surface area contributed by atoms with E-state index in [2.05, 4.69) is 5.09 Å². The third-order valence-electron chi connectivity index (χ3n) is 1.61. The Morgan fingerprint density at radius 2 is 2.12 bits per heavy atom. The van der Waals surface area contributed by atoms with Crippen LogP contribution < -0.4 is 9.61 Å². The van der Waals surface area contributed by atoms with E-state index in [0.717, 1.165) is 0 Å². The van der Waals surface area contributed by atoms with Crippen LogP contribution in [0.4, 0.5) is 0 Å². The summed E-state index contributed by atoms with van der Waals surface area (Å²) in [6.45, 7) is 0.197. The lowest BCUT2D eigenvalue weighted by Gasteiger charge is -2.16. The maximum Gasteiger partial charge on any atom is 0.304 e. The first-order chi connectivity index (χ1) is 7.49. The van der Waals surface area contributed by atoms with Crippen LogP contribution in [-0.4, -0.2) is 17.6 Å². The fraction of sp³-hybridized carbons (Fsp3) is 0.222. The van der Waals surface area contributed by atoms with Crippen molar-refractivity contribution in [2.24, 2.45) is 0 Å². The lowest BCUT2D eigenvalue weighted by molar-refractivity contribution is -0.136. The minimum absolute atomic E-state index is 0.0384. The Bertz CT molecular complexity index is 401. The number of hydrogen-bond acceptors (Lipinski definition) is 3. The smallest absolute Gasteiger partial charge is 0.304 e. The zero-order valence-electron chi connectivity index (χ0n) is 8.30. The zero-order chi connectivity index (χ0) is 12.0. The van der Waals surface area contributed by atoms with Crippen LogP contribution in [-0.2, 0) is 16.6 Å². The molecule has 0 spiro atoms. The highest BCUT2D eigenvalue weighted by Gasteiger charge is 2.14. The molecule has 1 aromatic rings. The quantitative estimate of drug-likeness (QED) is 0.784. The summed E-state index contributed by atoms with van der Waals surface area (Å²) in [5, 5.41) is 11.2. The fourth-order valence-electron chi connectivity index (χ4n) is 0.946. The van der Waals surface area contributed by atoms with E-state index < -0.39 is 11.7 Å². The maximum atomic E-state index is 10.3. The molecule has 4 nitrogen and oxygen atoms in total. The molecule has 0 amide bonds. The second-order valence-corrected chi connectivity index (χ2v) is 7.97. The topological polar surface area (TPSA) is 58.6 Å². The first-order valence-electron chi connectivity index (χ1n) is 4.51. The molecule has 2 N–H and O–H groups in total. The molecule has 0 heterocycles. The van der Waals surface area contributed by atoms with Crippen LogP contribution in [0.15, 0.2) is 30.3 Å². The van der Waals surface area contributed by atoms with Crippen molar-refractivity contribution in [3.8, 4) is 5.75 Å².